The number of hydrogen-bond donors (Lipinski definition) is 2. The normalized spacial score (nSPS) is 11.0. The van der Waals surface area contributed by atoms with E-state index in [9.17, 15) is 4.79 Å². The first-order valence-electron chi connectivity index (χ1n) is 9.98. The van der Waals surface area contributed by atoms with E-state index in [-0.39, 0.29) is 5.75 Å². The second kappa shape index (κ2) is 8.64. The highest BCUT2D eigenvalue weighted by Crippen LogP contribution is 2.33. The molecular formula is C25H18N4O2S. The molecule has 0 unspecified atom stereocenters. The predicted octanol–water partition coefficient (Wildman–Crippen LogP) is 5.53. The molecule has 0 atom stereocenters. The van der Waals surface area contributed by atoms with Crippen LogP contribution in [0.15, 0.2) is 90.3 Å². The maximum Gasteiger partial charge on any atom is 0.313 e. The molecule has 0 saturated carbocycles. The number of pyridine rings is 1. The molecule has 7 heteroatoms. The lowest BCUT2D eigenvalue weighted by atomic mass is 9.95. The lowest BCUT2D eigenvalue weighted by molar-refractivity contribution is -0.133. The van der Waals surface area contributed by atoms with Gasteiger partial charge in [-0.2, -0.15) is 0 Å². The first-order chi connectivity index (χ1) is 15.7. The fourth-order valence-electron chi connectivity index (χ4n) is 3.57. The highest BCUT2D eigenvalue weighted by molar-refractivity contribution is 7.99. The van der Waals surface area contributed by atoms with Crippen molar-refractivity contribution < 1.29 is 9.90 Å². The van der Waals surface area contributed by atoms with Gasteiger partial charge in [-0.05, 0) is 57.8 Å². The molecule has 32 heavy (non-hydrogen) atoms. The zero-order valence-electron chi connectivity index (χ0n) is 16.9. The van der Waals surface area contributed by atoms with E-state index in [1.54, 1.807) is 6.20 Å². The van der Waals surface area contributed by atoms with E-state index in [4.69, 9.17) is 5.11 Å². The van der Waals surface area contributed by atoms with Gasteiger partial charge in [0.05, 0.1) is 5.75 Å². The number of carbonyl (C=O) groups is 1. The molecule has 6 nitrogen and oxygen atoms in total. The van der Waals surface area contributed by atoms with Crippen molar-refractivity contribution in [2.24, 2.45) is 0 Å². The van der Waals surface area contributed by atoms with Crippen molar-refractivity contribution in [2.75, 3.05) is 5.75 Å². The predicted molar refractivity (Wildman–Crippen MR) is 126 cm³/mol. The molecule has 0 aliphatic heterocycles. The van der Waals surface area contributed by atoms with Crippen LogP contribution in [-0.2, 0) is 4.79 Å². The van der Waals surface area contributed by atoms with Gasteiger partial charge in [0.1, 0.15) is 0 Å². The molecule has 0 aliphatic carbocycles. The van der Waals surface area contributed by atoms with Crippen LogP contribution in [0.5, 0.6) is 0 Å². The largest absolute Gasteiger partial charge is 0.481 e. The van der Waals surface area contributed by atoms with Crippen LogP contribution in [0, 0.1) is 0 Å². The number of hydrogen-bond acceptors (Lipinski definition) is 5. The Hall–Kier alpha value is -3.97. The minimum absolute atomic E-state index is 0.0767. The van der Waals surface area contributed by atoms with Crippen molar-refractivity contribution in [1.82, 2.24) is 20.2 Å². The van der Waals surface area contributed by atoms with Crippen LogP contribution in [0.1, 0.15) is 0 Å². The van der Waals surface area contributed by atoms with Crippen molar-refractivity contribution in [3.8, 4) is 33.6 Å². The van der Waals surface area contributed by atoms with Crippen LogP contribution in [0.4, 0.5) is 0 Å². The highest BCUT2D eigenvalue weighted by Gasteiger charge is 2.12. The molecule has 2 N–H and O–H groups in total. The van der Waals surface area contributed by atoms with Gasteiger partial charge in [-0.15, -0.1) is 10.2 Å². The van der Waals surface area contributed by atoms with E-state index in [0.717, 1.165) is 39.6 Å². The summed E-state index contributed by atoms with van der Waals surface area (Å²) in [6.07, 6.45) is 3.58. The third-order valence-corrected chi connectivity index (χ3v) is 5.93. The molecule has 5 rings (SSSR count). The van der Waals surface area contributed by atoms with Crippen LogP contribution >= 0.6 is 11.8 Å². The van der Waals surface area contributed by atoms with Gasteiger partial charge in [0, 0.05) is 23.5 Å². The number of aromatic nitrogens is 4. The summed E-state index contributed by atoms with van der Waals surface area (Å²) in [5, 5.41) is 20.1. The quantitative estimate of drug-likeness (QED) is 0.339. The van der Waals surface area contributed by atoms with Gasteiger partial charge < -0.3 is 10.1 Å². The summed E-state index contributed by atoms with van der Waals surface area (Å²) in [5.74, 6) is -0.386. The average molecular weight is 439 g/mol. The first-order valence-corrected chi connectivity index (χ1v) is 11.0. The number of fused-ring (bicyclic) bond motifs is 1. The van der Waals surface area contributed by atoms with Gasteiger partial charge in [-0.25, -0.2) is 0 Å². The summed E-state index contributed by atoms with van der Waals surface area (Å²) >= 11 is 1.11. The standard InChI is InChI=1S/C25H18N4O2S/c30-23(31)15-32-25-27-24(28-29-25)22-12-20(11-21(13-22)19-6-3-9-26-14-19)18-8-7-16-4-1-2-5-17(16)10-18/h1-14H,15H2,(H,30,31)(H,27,28,29). The summed E-state index contributed by atoms with van der Waals surface area (Å²) in [6.45, 7) is 0. The number of carboxylic acid groups (broad SMARTS) is 1. The van der Waals surface area contributed by atoms with Crippen LogP contribution in [0.25, 0.3) is 44.4 Å². The van der Waals surface area contributed by atoms with Gasteiger partial charge in [0.15, 0.2) is 11.0 Å². The Labute approximate surface area is 188 Å². The van der Waals surface area contributed by atoms with Gasteiger partial charge in [-0.1, -0.05) is 54.2 Å². The van der Waals surface area contributed by atoms with Crippen molar-refractivity contribution in [3.63, 3.8) is 0 Å². The summed E-state index contributed by atoms with van der Waals surface area (Å²) in [5.41, 5.74) is 5.01. The Morgan fingerprint density at radius 3 is 2.38 bits per heavy atom. The molecule has 0 aliphatic rings. The number of thioether (sulfide) groups is 1. The molecule has 0 amide bonds. The van der Waals surface area contributed by atoms with Crippen molar-refractivity contribution in [2.45, 2.75) is 5.16 Å². The Balaban J connectivity index is 1.61. The number of carboxylic acids is 1. The smallest absolute Gasteiger partial charge is 0.313 e. The summed E-state index contributed by atoms with van der Waals surface area (Å²) in [4.78, 5) is 18.2. The zero-order chi connectivity index (χ0) is 21.9. The Bertz CT molecular complexity index is 1420. The monoisotopic (exact) mass is 438 g/mol. The number of rotatable bonds is 6. The molecule has 3 aromatic carbocycles. The van der Waals surface area contributed by atoms with E-state index in [0.29, 0.717) is 11.0 Å². The topological polar surface area (TPSA) is 91.8 Å². The highest BCUT2D eigenvalue weighted by atomic mass is 32.2. The first kappa shape index (κ1) is 20.0. The number of aromatic amines is 1. The molecule has 0 radical (unpaired) electrons. The number of nitrogens with zero attached hydrogens (tertiary/aromatic N) is 3. The lowest BCUT2D eigenvalue weighted by Gasteiger charge is -2.10. The Kier molecular flexibility index (Phi) is 5.39. The van der Waals surface area contributed by atoms with Crippen molar-refractivity contribution in [3.05, 3.63) is 85.2 Å². The molecule has 156 valence electrons. The van der Waals surface area contributed by atoms with E-state index < -0.39 is 5.97 Å². The molecule has 2 aromatic heterocycles. The summed E-state index contributed by atoms with van der Waals surface area (Å²) in [7, 11) is 0. The second-order valence-corrected chi connectivity index (χ2v) is 8.23. The number of H-pyrrole nitrogens is 1. The fraction of sp³-hybridized carbons (Fsp3) is 0.0400. The summed E-state index contributed by atoms with van der Waals surface area (Å²) in [6, 6.07) is 24.9. The zero-order valence-corrected chi connectivity index (χ0v) is 17.7. The number of nitrogens with one attached hydrogen (secondary N) is 1. The number of aliphatic carboxylic acids is 1. The Morgan fingerprint density at radius 1 is 0.812 bits per heavy atom. The van der Waals surface area contributed by atoms with Crippen molar-refractivity contribution in [1.29, 1.82) is 0 Å². The van der Waals surface area contributed by atoms with Gasteiger partial charge in [0.2, 0.25) is 0 Å². The van der Waals surface area contributed by atoms with Crippen molar-refractivity contribution >= 4 is 28.5 Å². The molecule has 0 bridgehead atoms. The third-order valence-electron chi connectivity index (χ3n) is 5.08. The van der Waals surface area contributed by atoms with Gasteiger partial charge in [-0.3, -0.25) is 9.78 Å². The van der Waals surface area contributed by atoms with Crippen LogP contribution in [-0.4, -0.2) is 37.0 Å². The van der Waals surface area contributed by atoms with Crippen LogP contribution in [0.3, 0.4) is 0 Å². The maximum absolute atomic E-state index is 10.9. The Morgan fingerprint density at radius 2 is 1.59 bits per heavy atom. The lowest BCUT2D eigenvalue weighted by Crippen LogP contribution is -1.97. The molecule has 0 spiro atoms. The maximum atomic E-state index is 10.9. The van der Waals surface area contributed by atoms with Crippen LogP contribution < -0.4 is 0 Å². The van der Waals surface area contributed by atoms with E-state index >= 15 is 0 Å². The SMILES string of the molecule is O=C(O)CSc1nnc(-c2cc(-c3cccnc3)cc(-c3ccc4ccccc4c3)c2)[nH]1. The van der Waals surface area contributed by atoms with E-state index in [2.05, 4.69) is 62.6 Å². The van der Waals surface area contributed by atoms with Crippen LogP contribution in [0.2, 0.25) is 0 Å². The van der Waals surface area contributed by atoms with Gasteiger partial charge >= 0.3 is 5.97 Å². The molecule has 0 saturated heterocycles. The third kappa shape index (κ3) is 4.24. The molecule has 0 fully saturated rings. The molecule has 5 aromatic rings. The molecule has 2 heterocycles. The average Bonchev–Trinajstić information content (AvgIpc) is 3.32. The minimum atomic E-state index is -0.898. The van der Waals surface area contributed by atoms with E-state index in [1.165, 1.54) is 10.8 Å². The summed E-state index contributed by atoms with van der Waals surface area (Å²) < 4.78 is 0. The molecular weight excluding hydrogens is 420 g/mol. The minimum Gasteiger partial charge on any atom is -0.481 e. The van der Waals surface area contributed by atoms with E-state index in [1.807, 2.05) is 36.5 Å². The number of benzene rings is 3. The fourth-order valence-corrected chi connectivity index (χ4v) is 4.10. The van der Waals surface area contributed by atoms with Gasteiger partial charge in [0.25, 0.3) is 0 Å². The second-order valence-electron chi connectivity index (χ2n) is 7.26.